The van der Waals surface area contributed by atoms with Crippen LogP contribution in [0.4, 0.5) is 5.82 Å². The number of nitrogens with zero attached hydrogens (tertiary/aromatic N) is 5. The summed E-state index contributed by atoms with van der Waals surface area (Å²) >= 11 is 3.56. The molecule has 0 amide bonds. The van der Waals surface area contributed by atoms with Crippen LogP contribution in [0.5, 0.6) is 0 Å². The Bertz CT molecular complexity index is 1900. The van der Waals surface area contributed by atoms with Gasteiger partial charge >= 0.3 is 5.69 Å². The molecule has 0 spiro atoms. The summed E-state index contributed by atoms with van der Waals surface area (Å²) < 4.78 is 16.3. The third kappa shape index (κ3) is 3.73. The Hall–Kier alpha value is -4.84. The smallest absolute Gasteiger partial charge is 0.332 e. The molecule has 0 bridgehead atoms. The number of H-pyrrole nitrogens is 2. The van der Waals surface area contributed by atoms with Gasteiger partial charge in [-0.1, -0.05) is 51.5 Å². The van der Waals surface area contributed by atoms with E-state index in [1.54, 1.807) is 15.6 Å². The molecule has 1 unspecified atom stereocenters. The van der Waals surface area contributed by atoms with Crippen LogP contribution in [-0.4, -0.2) is 34.5 Å². The number of nitrogens with one attached hydrogen (secondary N) is 3. The van der Waals surface area contributed by atoms with Crippen LogP contribution >= 0.6 is 15.9 Å². The van der Waals surface area contributed by atoms with Gasteiger partial charge < -0.3 is 19.8 Å². The summed E-state index contributed by atoms with van der Waals surface area (Å²) in [7, 11) is 0. The summed E-state index contributed by atoms with van der Waals surface area (Å²) in [6.45, 7) is 0.259. The lowest BCUT2D eigenvalue weighted by Crippen LogP contribution is -2.17. The standard InChI is InChI=1S/C26H19BrN8O3/c27-17-6-2-1-5-16(17)25-37-12-22(38-25)23-24(30-14-34-21-8-4-3-7-19(21)32-33-34)31-26(36)35(23)15-9-10-18-20(11-15)29-13-28-18/h1-13,25,30H,14H2,(H,28,29)(H,31,36). The van der Waals surface area contributed by atoms with Crippen LogP contribution in [0.1, 0.15) is 17.5 Å². The van der Waals surface area contributed by atoms with Gasteiger partial charge in [-0.25, -0.2) is 14.5 Å². The highest BCUT2D eigenvalue weighted by Gasteiger charge is 2.30. The summed E-state index contributed by atoms with van der Waals surface area (Å²) in [6.07, 6.45) is 2.46. The van der Waals surface area contributed by atoms with E-state index >= 15 is 0 Å². The van der Waals surface area contributed by atoms with Crippen molar-refractivity contribution in [2.24, 2.45) is 0 Å². The molecule has 1 atom stereocenters. The van der Waals surface area contributed by atoms with Gasteiger partial charge in [-0.05, 0) is 36.4 Å². The van der Waals surface area contributed by atoms with Crippen molar-refractivity contribution in [2.75, 3.05) is 5.32 Å². The number of fused-ring (bicyclic) bond motifs is 2. The van der Waals surface area contributed by atoms with Crippen molar-refractivity contribution in [1.82, 2.24) is 34.5 Å². The highest BCUT2D eigenvalue weighted by Crippen LogP contribution is 2.38. The van der Waals surface area contributed by atoms with Crippen LogP contribution in [0.25, 0.3) is 33.5 Å². The molecule has 12 heteroatoms. The number of ether oxygens (including phenoxy) is 2. The van der Waals surface area contributed by atoms with Crippen molar-refractivity contribution in [3.63, 3.8) is 0 Å². The molecule has 0 aliphatic carbocycles. The average molecular weight is 571 g/mol. The molecule has 0 saturated carbocycles. The van der Waals surface area contributed by atoms with Gasteiger partial charge in [0.1, 0.15) is 30.0 Å². The Kier molecular flexibility index (Phi) is 5.25. The van der Waals surface area contributed by atoms with Crippen molar-refractivity contribution in [3.8, 4) is 5.69 Å². The average Bonchev–Trinajstić information content (AvgIpc) is 3.73. The monoisotopic (exact) mass is 570 g/mol. The molecule has 38 heavy (non-hydrogen) atoms. The van der Waals surface area contributed by atoms with Gasteiger partial charge in [0.25, 0.3) is 6.29 Å². The van der Waals surface area contributed by atoms with Gasteiger partial charge in [-0.3, -0.25) is 9.55 Å². The van der Waals surface area contributed by atoms with Crippen molar-refractivity contribution < 1.29 is 9.47 Å². The molecule has 3 aromatic heterocycles. The molecule has 0 radical (unpaired) electrons. The first kappa shape index (κ1) is 22.4. The van der Waals surface area contributed by atoms with Gasteiger partial charge in [0.2, 0.25) is 0 Å². The Labute approximate surface area is 222 Å². The first-order chi connectivity index (χ1) is 18.7. The van der Waals surface area contributed by atoms with E-state index in [1.807, 2.05) is 66.7 Å². The fraction of sp³-hybridized carbons (Fsp3) is 0.0769. The SMILES string of the molecule is O=c1[nH]c(NCn2nnc3ccccc32)c(C2=COC(c3ccccc3Br)O2)n1-c1ccc2nc[nH]c2c1. The maximum Gasteiger partial charge on any atom is 0.332 e. The zero-order valence-corrected chi connectivity index (χ0v) is 21.2. The molecular weight excluding hydrogens is 552 g/mol. The Morgan fingerprint density at radius 1 is 1.05 bits per heavy atom. The molecule has 3 aromatic carbocycles. The van der Waals surface area contributed by atoms with Crippen LogP contribution in [0, 0.1) is 0 Å². The van der Waals surface area contributed by atoms with E-state index in [-0.39, 0.29) is 12.4 Å². The number of imidazole rings is 2. The molecule has 4 heterocycles. The molecule has 1 aliphatic heterocycles. The lowest BCUT2D eigenvalue weighted by Gasteiger charge is -2.15. The molecule has 11 nitrogen and oxygen atoms in total. The molecule has 0 saturated heterocycles. The van der Waals surface area contributed by atoms with Crippen molar-refractivity contribution in [3.05, 3.63) is 106 Å². The second-order valence-electron chi connectivity index (χ2n) is 8.60. The van der Waals surface area contributed by atoms with E-state index in [9.17, 15) is 4.79 Å². The highest BCUT2D eigenvalue weighted by molar-refractivity contribution is 9.10. The second kappa shape index (κ2) is 8.92. The Morgan fingerprint density at radius 2 is 1.92 bits per heavy atom. The van der Waals surface area contributed by atoms with Crippen LogP contribution in [0.3, 0.4) is 0 Å². The number of aromatic amines is 2. The summed E-state index contributed by atoms with van der Waals surface area (Å²) in [6, 6.07) is 20.9. The van der Waals surface area contributed by atoms with Crippen LogP contribution in [-0.2, 0) is 16.1 Å². The fourth-order valence-corrected chi connectivity index (χ4v) is 4.97. The molecule has 1 aliphatic rings. The Morgan fingerprint density at radius 3 is 2.84 bits per heavy atom. The van der Waals surface area contributed by atoms with Crippen molar-refractivity contribution in [2.45, 2.75) is 13.0 Å². The summed E-state index contributed by atoms with van der Waals surface area (Å²) in [5.41, 5.74) is 4.82. The zero-order chi connectivity index (χ0) is 25.6. The third-order valence-electron chi connectivity index (χ3n) is 6.31. The minimum absolute atomic E-state index is 0.259. The number of benzene rings is 3. The lowest BCUT2D eigenvalue weighted by molar-refractivity contribution is -0.0178. The number of hydrogen-bond donors (Lipinski definition) is 3. The maximum absolute atomic E-state index is 13.3. The predicted molar refractivity (Wildman–Crippen MR) is 144 cm³/mol. The van der Waals surface area contributed by atoms with Gasteiger partial charge in [-0.2, -0.15) is 0 Å². The zero-order valence-electron chi connectivity index (χ0n) is 19.6. The number of rotatable bonds is 6. The molecule has 0 fully saturated rings. The van der Waals surface area contributed by atoms with Crippen LogP contribution in [0.15, 0.2) is 88.6 Å². The number of halogens is 1. The highest BCUT2D eigenvalue weighted by atomic mass is 79.9. The van der Waals surface area contributed by atoms with E-state index in [0.29, 0.717) is 23.0 Å². The largest absolute Gasteiger partial charge is 0.454 e. The normalized spacial score (nSPS) is 15.0. The lowest BCUT2D eigenvalue weighted by atomic mass is 10.2. The molecule has 6 aromatic rings. The first-order valence-electron chi connectivity index (χ1n) is 11.7. The summed E-state index contributed by atoms with van der Waals surface area (Å²) in [5.74, 6) is 0.835. The predicted octanol–water partition coefficient (Wildman–Crippen LogP) is 4.66. The number of aromatic nitrogens is 7. The van der Waals surface area contributed by atoms with E-state index in [2.05, 4.69) is 46.5 Å². The van der Waals surface area contributed by atoms with Crippen molar-refractivity contribution in [1.29, 1.82) is 0 Å². The minimum atomic E-state index is -0.679. The van der Waals surface area contributed by atoms with Crippen LogP contribution in [0.2, 0.25) is 0 Å². The van der Waals surface area contributed by atoms with E-state index < -0.39 is 6.29 Å². The summed E-state index contributed by atoms with van der Waals surface area (Å²) in [4.78, 5) is 23.6. The number of anilines is 1. The van der Waals surface area contributed by atoms with Gasteiger partial charge in [0, 0.05) is 10.0 Å². The van der Waals surface area contributed by atoms with Gasteiger partial charge in [0.05, 0.1) is 28.6 Å². The number of hydrogen-bond acceptors (Lipinski definition) is 7. The minimum Gasteiger partial charge on any atom is -0.454 e. The first-order valence-corrected chi connectivity index (χ1v) is 12.5. The molecular formula is C26H19BrN8O3. The van der Waals surface area contributed by atoms with E-state index in [1.165, 1.54) is 6.26 Å². The van der Waals surface area contributed by atoms with E-state index in [4.69, 9.17) is 9.47 Å². The Balaban J connectivity index is 1.29. The van der Waals surface area contributed by atoms with Crippen LogP contribution < -0.4 is 11.0 Å². The topological polar surface area (TPSA) is 128 Å². The number of para-hydroxylation sites is 1. The molecule has 3 N–H and O–H groups in total. The van der Waals surface area contributed by atoms with Crippen molar-refractivity contribution >= 4 is 49.6 Å². The van der Waals surface area contributed by atoms with Gasteiger partial charge in [0.15, 0.2) is 5.76 Å². The summed E-state index contributed by atoms with van der Waals surface area (Å²) in [5, 5.41) is 11.7. The third-order valence-corrected chi connectivity index (χ3v) is 7.03. The fourth-order valence-electron chi connectivity index (χ4n) is 4.50. The van der Waals surface area contributed by atoms with E-state index in [0.717, 1.165) is 32.1 Å². The molecule has 7 rings (SSSR count). The second-order valence-corrected chi connectivity index (χ2v) is 9.45. The maximum atomic E-state index is 13.3. The molecule has 188 valence electrons. The quantitative estimate of drug-likeness (QED) is 0.265. The van der Waals surface area contributed by atoms with Gasteiger partial charge in [-0.15, -0.1) is 5.10 Å².